The predicted molar refractivity (Wildman–Crippen MR) is 108 cm³/mol. The molecule has 0 spiro atoms. The number of phenols is 1. The first-order chi connectivity index (χ1) is 15.5. The van der Waals surface area contributed by atoms with E-state index in [0.717, 1.165) is 19.9 Å². The van der Waals surface area contributed by atoms with Crippen molar-refractivity contribution in [2.45, 2.75) is 58.3 Å². The summed E-state index contributed by atoms with van der Waals surface area (Å²) in [6.45, 7) is 4.24. The van der Waals surface area contributed by atoms with Gasteiger partial charge in [-0.15, -0.1) is 0 Å². The molecule has 1 saturated heterocycles. The molecule has 2 N–H and O–H groups in total. The highest BCUT2D eigenvalue weighted by atomic mass is 16.7. The first kappa shape index (κ1) is 25.6. The molecule has 1 amide bonds. The van der Waals surface area contributed by atoms with E-state index in [1.807, 2.05) is 0 Å². The number of phenolic OH excluding ortho intramolecular Hbond substituents is 1. The van der Waals surface area contributed by atoms with Crippen LogP contribution in [0.5, 0.6) is 11.5 Å². The normalized spacial score (nSPS) is 24.2. The second-order valence-corrected chi connectivity index (χ2v) is 7.18. The van der Waals surface area contributed by atoms with Gasteiger partial charge in [0.25, 0.3) is 0 Å². The molecule has 0 unspecified atom stereocenters. The summed E-state index contributed by atoms with van der Waals surface area (Å²) >= 11 is 0. The molecule has 2 rings (SSSR count). The van der Waals surface area contributed by atoms with E-state index in [1.165, 1.54) is 26.0 Å². The minimum Gasteiger partial charge on any atom is -0.507 e. The van der Waals surface area contributed by atoms with Gasteiger partial charge in [-0.25, -0.2) is 0 Å². The predicted octanol–water partition coefficient (Wildman–Crippen LogP) is 0.240. The number of amides is 1. The first-order valence-corrected chi connectivity index (χ1v) is 9.87. The molecule has 12 heteroatoms. The third-order valence-electron chi connectivity index (χ3n) is 4.45. The van der Waals surface area contributed by atoms with Gasteiger partial charge >= 0.3 is 17.9 Å². The summed E-state index contributed by atoms with van der Waals surface area (Å²) in [5.74, 6) is -2.96. The van der Waals surface area contributed by atoms with E-state index in [9.17, 15) is 29.1 Å². The Kier molecular flexibility index (Phi) is 8.74. The molecule has 5 atom stereocenters. The molecule has 1 aliphatic heterocycles. The van der Waals surface area contributed by atoms with Gasteiger partial charge in [-0.05, 0) is 12.1 Å². The van der Waals surface area contributed by atoms with Gasteiger partial charge in [-0.2, -0.15) is 0 Å². The van der Waals surface area contributed by atoms with Crippen molar-refractivity contribution in [1.82, 2.24) is 5.32 Å². The summed E-state index contributed by atoms with van der Waals surface area (Å²) < 4.78 is 27.2. The van der Waals surface area contributed by atoms with Crippen molar-refractivity contribution in [2.24, 2.45) is 0 Å². The lowest BCUT2D eigenvalue weighted by atomic mass is 9.96. The Morgan fingerprint density at radius 2 is 1.67 bits per heavy atom. The zero-order chi connectivity index (χ0) is 24.7. The second kappa shape index (κ2) is 11.3. The first-order valence-electron chi connectivity index (χ1n) is 9.87. The van der Waals surface area contributed by atoms with Crippen molar-refractivity contribution < 1.29 is 52.8 Å². The zero-order valence-electron chi connectivity index (χ0n) is 18.4. The molecule has 1 aromatic rings. The Balaban J connectivity index is 2.47. The molecule has 33 heavy (non-hydrogen) atoms. The van der Waals surface area contributed by atoms with Gasteiger partial charge in [-0.1, -0.05) is 0 Å². The third kappa shape index (κ3) is 7.17. The quantitative estimate of drug-likeness (QED) is 0.306. The summed E-state index contributed by atoms with van der Waals surface area (Å²) in [4.78, 5) is 57.7. The zero-order valence-corrected chi connectivity index (χ0v) is 18.4. The fourth-order valence-electron chi connectivity index (χ4n) is 3.22. The lowest BCUT2D eigenvalue weighted by Crippen LogP contribution is -2.67. The highest BCUT2D eigenvalue weighted by Gasteiger charge is 2.52. The Bertz CT molecular complexity index is 915. The van der Waals surface area contributed by atoms with Gasteiger partial charge in [0.15, 0.2) is 18.5 Å². The molecule has 0 saturated carbocycles. The van der Waals surface area contributed by atoms with Crippen LogP contribution in [-0.2, 0) is 38.1 Å². The maximum absolute atomic E-state index is 11.9. The van der Waals surface area contributed by atoms with Crippen molar-refractivity contribution in [1.29, 1.82) is 0 Å². The van der Waals surface area contributed by atoms with E-state index in [-0.39, 0.29) is 23.7 Å². The van der Waals surface area contributed by atoms with Crippen molar-refractivity contribution in [2.75, 3.05) is 6.61 Å². The minimum absolute atomic E-state index is 0.0192. The summed E-state index contributed by atoms with van der Waals surface area (Å²) in [5.41, 5.74) is 0.0192. The molecule has 1 heterocycles. The average molecular weight is 467 g/mol. The number of aldehydes is 1. The molecule has 0 bridgehead atoms. The minimum atomic E-state index is -1.34. The molecule has 0 aromatic heterocycles. The van der Waals surface area contributed by atoms with E-state index in [1.54, 1.807) is 0 Å². The maximum atomic E-state index is 11.9. The largest absolute Gasteiger partial charge is 0.507 e. The third-order valence-corrected chi connectivity index (χ3v) is 4.45. The lowest BCUT2D eigenvalue weighted by Gasteiger charge is -2.44. The van der Waals surface area contributed by atoms with Crippen molar-refractivity contribution in [3.8, 4) is 11.5 Å². The van der Waals surface area contributed by atoms with Crippen LogP contribution in [0.4, 0.5) is 0 Å². The van der Waals surface area contributed by atoms with Crippen LogP contribution in [-0.4, -0.2) is 72.5 Å². The van der Waals surface area contributed by atoms with Crippen LogP contribution in [0.25, 0.3) is 0 Å². The van der Waals surface area contributed by atoms with Gasteiger partial charge in [0.05, 0.1) is 5.56 Å². The maximum Gasteiger partial charge on any atom is 0.303 e. The van der Waals surface area contributed by atoms with Gasteiger partial charge in [0, 0.05) is 33.8 Å². The standard InChI is InChI=1S/C21H25NO11/c1-10(24)22-18-20(31-13(4)27)19(30-12(3)26)17(9-29-11(2)25)33-21(18)32-15-6-5-14(8-23)16(28)7-15/h5-8,17-21,28H,9H2,1-4H3,(H,22,24)/t17-,18+,19+,20+,21-/m1/s1. The average Bonchev–Trinajstić information content (AvgIpc) is 2.70. The monoisotopic (exact) mass is 467 g/mol. The van der Waals surface area contributed by atoms with Crippen LogP contribution < -0.4 is 10.1 Å². The van der Waals surface area contributed by atoms with Crippen LogP contribution in [0, 0.1) is 0 Å². The summed E-state index contributed by atoms with van der Waals surface area (Å²) in [6.07, 6.45) is -4.57. The SMILES string of the molecule is CC(=O)N[C@@H]1[C@H](Oc2ccc(C=O)c(O)c2)O[C@H](COC(C)=O)[C@H](OC(C)=O)[C@H]1OC(C)=O. The number of nitrogens with one attached hydrogen (secondary N) is 1. The van der Waals surface area contributed by atoms with Crippen LogP contribution in [0.2, 0.25) is 0 Å². The van der Waals surface area contributed by atoms with Crippen molar-refractivity contribution in [3.63, 3.8) is 0 Å². The molecular weight excluding hydrogens is 442 g/mol. The smallest absolute Gasteiger partial charge is 0.303 e. The van der Waals surface area contributed by atoms with Crippen LogP contribution in [0.1, 0.15) is 38.1 Å². The molecule has 12 nitrogen and oxygen atoms in total. The number of ether oxygens (including phenoxy) is 5. The number of hydrogen-bond acceptors (Lipinski definition) is 11. The Hall–Kier alpha value is -3.67. The van der Waals surface area contributed by atoms with E-state index in [0.29, 0.717) is 6.29 Å². The molecule has 1 fully saturated rings. The van der Waals surface area contributed by atoms with E-state index >= 15 is 0 Å². The number of benzene rings is 1. The molecule has 0 radical (unpaired) electrons. The number of hydrogen-bond donors (Lipinski definition) is 2. The summed E-state index contributed by atoms with van der Waals surface area (Å²) in [5, 5.41) is 12.5. The Morgan fingerprint density at radius 3 is 2.18 bits per heavy atom. The van der Waals surface area contributed by atoms with Gasteiger partial charge in [0.2, 0.25) is 12.2 Å². The van der Waals surface area contributed by atoms with E-state index < -0.39 is 54.5 Å². The van der Waals surface area contributed by atoms with E-state index in [2.05, 4.69) is 5.32 Å². The molecule has 0 aliphatic carbocycles. The van der Waals surface area contributed by atoms with Gasteiger partial charge in [0.1, 0.15) is 30.3 Å². The summed E-state index contributed by atoms with van der Waals surface area (Å²) in [7, 11) is 0. The van der Waals surface area contributed by atoms with Crippen molar-refractivity contribution in [3.05, 3.63) is 23.8 Å². The summed E-state index contributed by atoms with van der Waals surface area (Å²) in [6, 6.07) is 2.66. The molecule has 180 valence electrons. The number of carbonyl (C=O) groups is 5. The highest BCUT2D eigenvalue weighted by molar-refractivity contribution is 5.79. The Morgan fingerprint density at radius 1 is 1.03 bits per heavy atom. The fraction of sp³-hybridized carbons (Fsp3) is 0.476. The van der Waals surface area contributed by atoms with E-state index in [4.69, 9.17) is 23.7 Å². The molecule has 1 aromatic carbocycles. The van der Waals surface area contributed by atoms with Gasteiger partial charge < -0.3 is 34.1 Å². The highest BCUT2D eigenvalue weighted by Crippen LogP contribution is 2.30. The second-order valence-electron chi connectivity index (χ2n) is 7.18. The lowest BCUT2D eigenvalue weighted by molar-refractivity contribution is -0.257. The number of aromatic hydroxyl groups is 1. The molecule has 1 aliphatic rings. The van der Waals surface area contributed by atoms with Gasteiger partial charge in [-0.3, -0.25) is 24.0 Å². The topological polar surface area (TPSA) is 164 Å². The van der Waals surface area contributed by atoms with Crippen LogP contribution >= 0.6 is 0 Å². The Labute approximate surface area is 189 Å². The van der Waals surface area contributed by atoms with Crippen molar-refractivity contribution >= 4 is 30.1 Å². The fourth-order valence-corrected chi connectivity index (χ4v) is 3.22. The van der Waals surface area contributed by atoms with Crippen LogP contribution in [0.15, 0.2) is 18.2 Å². The number of esters is 3. The number of carbonyl (C=O) groups excluding carboxylic acids is 5. The van der Waals surface area contributed by atoms with Crippen LogP contribution in [0.3, 0.4) is 0 Å². The molecular formula is C21H25NO11. The number of rotatable bonds is 8.